The van der Waals surface area contributed by atoms with Gasteiger partial charge in [-0.3, -0.25) is 23.4 Å². The summed E-state index contributed by atoms with van der Waals surface area (Å²) in [7, 11) is -12.1. The van der Waals surface area contributed by atoms with E-state index in [2.05, 4.69) is 15.0 Å². The summed E-state index contributed by atoms with van der Waals surface area (Å²) in [5.41, 5.74) is 6.07. The summed E-state index contributed by atoms with van der Waals surface area (Å²) < 4.78 is 92.2. The monoisotopic (exact) mass is 1290 g/mol. The average molecular weight is 1290 g/mol. The van der Waals surface area contributed by atoms with Crippen molar-refractivity contribution in [2.45, 2.75) is 96.3 Å². The van der Waals surface area contributed by atoms with Gasteiger partial charge in [-0.2, -0.15) is 25.3 Å². The molecular formula is C59H70AlBIN3O13S3. The number of alkyl halides is 1. The van der Waals surface area contributed by atoms with E-state index in [0.717, 1.165) is 40.0 Å². The van der Waals surface area contributed by atoms with Crippen LogP contribution in [-0.4, -0.2) is 88.1 Å². The molecule has 4 unspecified atom stereocenters. The summed E-state index contributed by atoms with van der Waals surface area (Å²) >= 11 is 3.51. The van der Waals surface area contributed by atoms with Gasteiger partial charge in [-0.1, -0.05) is 215 Å². The predicted octanol–water partition coefficient (Wildman–Crippen LogP) is 12.0. The normalized spacial score (nSPS) is 15.0. The quantitative estimate of drug-likeness (QED) is 0.0313. The summed E-state index contributed by atoms with van der Waals surface area (Å²) in [5, 5.41) is 0.690. The van der Waals surface area contributed by atoms with Crippen molar-refractivity contribution in [1.82, 2.24) is 10.1 Å². The molecule has 430 valence electrons. The number of benzene rings is 6. The van der Waals surface area contributed by atoms with Crippen LogP contribution in [0.1, 0.15) is 94.2 Å². The number of carbonyl (C=O) groups excluding carboxylic acids is 4. The van der Waals surface area contributed by atoms with Gasteiger partial charge in [0.25, 0.3) is 33.7 Å². The van der Waals surface area contributed by atoms with Gasteiger partial charge in [0, 0.05) is 20.6 Å². The van der Waals surface area contributed by atoms with Crippen LogP contribution in [0, 0.1) is 37.0 Å². The van der Waals surface area contributed by atoms with E-state index < -0.39 is 65.8 Å². The zero-order valence-electron chi connectivity index (χ0n) is 43.4. The van der Waals surface area contributed by atoms with Crippen molar-refractivity contribution in [3.63, 3.8) is 0 Å². The first-order valence-electron chi connectivity index (χ1n) is 23.6. The Morgan fingerprint density at radius 2 is 0.815 bits per heavy atom. The van der Waals surface area contributed by atoms with E-state index in [1.807, 2.05) is 147 Å². The molecule has 0 spiro atoms. The third kappa shape index (κ3) is 22.3. The summed E-state index contributed by atoms with van der Waals surface area (Å²) in [6, 6.07) is 48.1. The number of amides is 4. The third-order valence-electron chi connectivity index (χ3n) is 11.8. The number of imide groups is 2. The number of hydroxylamine groups is 4. The van der Waals surface area contributed by atoms with Crippen LogP contribution in [0.4, 0.5) is 0 Å². The number of hydrogen-bond donors (Lipinski definition) is 1. The molecule has 6 aromatic carbocycles. The Balaban J connectivity index is 0.00000119. The molecule has 4 amide bonds. The average Bonchev–Trinajstić information content (AvgIpc) is 3.84. The van der Waals surface area contributed by atoms with Crippen molar-refractivity contribution in [3.8, 4) is 0 Å². The molecule has 2 aliphatic rings. The van der Waals surface area contributed by atoms with Crippen LogP contribution in [0.25, 0.3) is 6.08 Å². The molecule has 2 aliphatic heterocycles. The fraction of sp³-hybridized carbons (Fsp3) is 0.254. The zero-order chi connectivity index (χ0) is 56.9. The van der Waals surface area contributed by atoms with E-state index in [1.54, 1.807) is 59.4 Å². The number of hydrogen-bond acceptors (Lipinski definition) is 14. The van der Waals surface area contributed by atoms with E-state index >= 15 is 0 Å². The molecule has 81 heavy (non-hydrogen) atoms. The molecule has 6 aromatic rings. The van der Waals surface area contributed by atoms with Crippen molar-refractivity contribution < 1.29 is 57.2 Å². The van der Waals surface area contributed by atoms with Crippen LogP contribution in [0.2, 0.25) is 0 Å². The van der Waals surface area contributed by atoms with E-state index in [4.69, 9.17) is 8.63 Å². The van der Waals surface area contributed by atoms with Crippen molar-refractivity contribution in [3.05, 3.63) is 216 Å². The van der Waals surface area contributed by atoms with Crippen molar-refractivity contribution in [2.24, 2.45) is 11.8 Å². The summed E-state index contributed by atoms with van der Waals surface area (Å²) in [4.78, 5) is 49.3. The molecular weight excluding hydrogens is 1220 g/mol. The van der Waals surface area contributed by atoms with Gasteiger partial charge >= 0.3 is 40.7 Å². The van der Waals surface area contributed by atoms with Crippen LogP contribution in [0.3, 0.4) is 0 Å². The molecule has 16 nitrogen and oxygen atoms in total. The fourth-order valence-electron chi connectivity index (χ4n) is 7.53. The molecule has 4 atom stereocenters. The molecule has 0 aromatic heterocycles. The summed E-state index contributed by atoms with van der Waals surface area (Å²) in [6.45, 7) is 13.2. The molecule has 22 heteroatoms. The van der Waals surface area contributed by atoms with E-state index in [0.29, 0.717) is 17.9 Å². The minimum absolute atomic E-state index is 0. The van der Waals surface area contributed by atoms with Gasteiger partial charge in [-0.25, -0.2) is 0 Å². The Morgan fingerprint density at radius 3 is 1.11 bits per heavy atom. The van der Waals surface area contributed by atoms with Gasteiger partial charge < -0.3 is 0 Å². The van der Waals surface area contributed by atoms with Crippen LogP contribution >= 0.6 is 22.6 Å². The first kappa shape index (κ1) is 74.9. The molecule has 0 aliphatic carbocycles. The molecule has 1 fully saturated rings. The van der Waals surface area contributed by atoms with Gasteiger partial charge in [0.1, 0.15) is 4.61 Å². The standard InChI is InChI=1S/C29H31NO5S.C11H9NO5S.C8H9IO3S.C8H8.3CH4.Al.B.HN/c1-20-14-16-25(17-15-20)36(33,34)35-30-28(31)26(18-21(2)23-10-6-4-7-11-23)27(29(30)32)19-22(3)24-12-8-5-9-13-24;1-8-2-4-9(5-3-8)18(15,16)17-12-10(13)6-7-11(12)14;1-7-2-4-8(5-3-7)13(10,11)12-6-9;1-2-8-6-4-3-5-7-8;;;;;;/h4-17,21-22,26-27H,18-19H2,1-3H3;2-7H,1H3;2-5H,6H2,1H3;2-7H,1H2;3*1H4;;;1H. The van der Waals surface area contributed by atoms with E-state index in [-0.39, 0.29) is 66.9 Å². The fourth-order valence-corrected chi connectivity index (χ4v) is 11.1. The SMILES string of the molecule is C.C.C.C=Cc1ccccc1.Cc1ccc(S(=O)(=O)OCI)cc1.Cc1ccc(S(=O)(=O)ON2C(=O)C(CC(C)c3ccccc3)C(CC(C)c3ccccc3)C2=O)cc1.Cc1ccc(S(=O)(=O)ON2C(=O)C=CC2=O)cc1.[B].[NH]=[Al]. The van der Waals surface area contributed by atoms with Crippen molar-refractivity contribution in [2.75, 3.05) is 4.61 Å². The van der Waals surface area contributed by atoms with Crippen LogP contribution in [-0.2, 0) is 62.3 Å². The second-order valence-corrected chi connectivity index (χ2v) is 22.7. The van der Waals surface area contributed by atoms with Crippen LogP contribution in [0.15, 0.2) is 197 Å². The summed E-state index contributed by atoms with van der Waals surface area (Å²) in [6.07, 6.45) is 4.52. The molecule has 2 heterocycles. The van der Waals surface area contributed by atoms with E-state index in [1.165, 1.54) is 42.0 Å². The summed E-state index contributed by atoms with van der Waals surface area (Å²) in [5.74, 6) is -4.25. The number of halogens is 1. The number of nitrogens with one attached hydrogen (secondary N) is 1. The number of nitrogens with zero attached hydrogens (tertiary/aromatic N) is 2. The molecule has 8 rings (SSSR count). The van der Waals surface area contributed by atoms with Gasteiger partial charge in [-0.05, 0) is 98.5 Å². The third-order valence-corrected chi connectivity index (χ3v) is 16.2. The Bertz CT molecular complexity index is 3230. The van der Waals surface area contributed by atoms with Gasteiger partial charge in [0.05, 0.1) is 26.5 Å². The maximum atomic E-state index is 13.5. The van der Waals surface area contributed by atoms with Crippen molar-refractivity contribution in [1.29, 1.82) is 4.35 Å². The second-order valence-electron chi connectivity index (χ2n) is 17.4. The maximum absolute atomic E-state index is 13.5. The van der Waals surface area contributed by atoms with Crippen LogP contribution in [0.5, 0.6) is 0 Å². The minimum atomic E-state index is -4.35. The Morgan fingerprint density at radius 1 is 0.519 bits per heavy atom. The predicted molar refractivity (Wildman–Crippen MR) is 327 cm³/mol. The molecule has 4 radical (unpaired) electrons. The number of rotatable bonds is 16. The second kappa shape index (κ2) is 35.7. The Kier molecular flexibility index (Phi) is 33.0. The topological polar surface area (TPSA) is 229 Å². The Labute approximate surface area is 503 Å². The first-order valence-corrected chi connectivity index (χ1v) is 29.9. The molecule has 0 bridgehead atoms. The molecule has 0 saturated carbocycles. The molecule has 1 N–H and O–H groups in total. The Hall–Kier alpha value is -6.06. The molecule has 1 saturated heterocycles. The number of aryl methyl sites for hydroxylation is 3. The van der Waals surface area contributed by atoms with Crippen molar-refractivity contribution >= 4 is 107 Å². The zero-order valence-corrected chi connectivity index (χ0v) is 49.2. The van der Waals surface area contributed by atoms with Gasteiger partial charge in [-0.15, -0.1) is 18.7 Å². The first-order chi connectivity index (χ1) is 36.6. The van der Waals surface area contributed by atoms with E-state index in [9.17, 15) is 44.4 Å². The van der Waals surface area contributed by atoms with Crippen LogP contribution < -0.4 is 0 Å². The van der Waals surface area contributed by atoms with Gasteiger partial charge in [0.2, 0.25) is 0 Å². The van der Waals surface area contributed by atoms with Gasteiger partial charge in [0.15, 0.2) is 0 Å². The number of carbonyl (C=O) groups is 4.